The highest BCUT2D eigenvalue weighted by atomic mass is 15.1. The molecule has 0 amide bonds. The van der Waals surface area contributed by atoms with Crippen LogP contribution in [0.2, 0.25) is 0 Å². The number of benzene rings is 3. The van der Waals surface area contributed by atoms with Gasteiger partial charge in [0.2, 0.25) is 0 Å². The summed E-state index contributed by atoms with van der Waals surface area (Å²) in [6.07, 6.45) is 1.65. The number of hydrogen-bond acceptors (Lipinski definition) is 2. The normalized spacial score (nSPS) is 11.3. The van der Waals surface area contributed by atoms with Crippen molar-refractivity contribution in [2.24, 2.45) is 0 Å². The van der Waals surface area contributed by atoms with E-state index in [1.165, 1.54) is 16.3 Å². The summed E-state index contributed by atoms with van der Waals surface area (Å²) in [6, 6.07) is 27.4. The number of aromatic nitrogens is 3. The van der Waals surface area contributed by atoms with Crippen LogP contribution in [0.25, 0.3) is 38.9 Å². The first-order valence-electron chi connectivity index (χ1n) is 8.69. The first-order chi connectivity index (χ1) is 12.8. The highest BCUT2D eigenvalue weighted by molar-refractivity contribution is 6.09. The molecule has 0 aliphatic carbocycles. The van der Waals surface area contributed by atoms with Gasteiger partial charge in [-0.1, -0.05) is 66.2 Å². The summed E-state index contributed by atoms with van der Waals surface area (Å²) < 4.78 is 2.21. The maximum Gasteiger partial charge on any atom is 0.141 e. The Labute approximate surface area is 151 Å². The fraction of sp³-hybridized carbons (Fsp3) is 0.0435. The second-order valence-corrected chi connectivity index (χ2v) is 6.50. The van der Waals surface area contributed by atoms with Gasteiger partial charge in [-0.2, -0.15) is 0 Å². The van der Waals surface area contributed by atoms with E-state index in [9.17, 15) is 0 Å². The molecule has 0 bridgehead atoms. The molecule has 26 heavy (non-hydrogen) atoms. The van der Waals surface area contributed by atoms with Crippen molar-refractivity contribution in [3.8, 4) is 17.1 Å². The van der Waals surface area contributed by atoms with E-state index in [1.54, 1.807) is 6.33 Å². The van der Waals surface area contributed by atoms with E-state index in [0.717, 1.165) is 28.1 Å². The van der Waals surface area contributed by atoms with Gasteiger partial charge in [-0.15, -0.1) is 0 Å². The summed E-state index contributed by atoms with van der Waals surface area (Å²) in [7, 11) is 0. The fourth-order valence-corrected chi connectivity index (χ4v) is 3.52. The molecule has 0 fully saturated rings. The number of nitrogens with zero attached hydrogens (tertiary/aromatic N) is 3. The molecule has 0 spiro atoms. The quantitative estimate of drug-likeness (QED) is 0.423. The van der Waals surface area contributed by atoms with Crippen LogP contribution in [0.3, 0.4) is 0 Å². The lowest BCUT2D eigenvalue weighted by molar-refractivity contribution is 1.04. The Morgan fingerprint density at radius 3 is 1.96 bits per heavy atom. The maximum absolute atomic E-state index is 4.58. The summed E-state index contributed by atoms with van der Waals surface area (Å²) in [5.74, 6) is 0.882. The van der Waals surface area contributed by atoms with Crippen molar-refractivity contribution in [1.82, 2.24) is 14.5 Å². The molecular weight excluding hydrogens is 318 g/mol. The van der Waals surface area contributed by atoms with Crippen LogP contribution in [0.1, 0.15) is 5.56 Å². The zero-order valence-corrected chi connectivity index (χ0v) is 14.4. The third-order valence-corrected chi connectivity index (χ3v) is 4.81. The predicted octanol–water partition coefficient (Wildman–Crippen LogP) is 5.55. The van der Waals surface area contributed by atoms with E-state index in [0.29, 0.717) is 0 Å². The van der Waals surface area contributed by atoms with Crippen LogP contribution < -0.4 is 0 Å². The zero-order chi connectivity index (χ0) is 17.5. The standard InChI is InChI=1S/C23H17N3/c1-16-10-12-17(13-11-16)20-14-23(25-15-24-20)26-21-8-4-2-6-18(21)19-7-3-5-9-22(19)26/h2-15H,1H3. The summed E-state index contributed by atoms with van der Waals surface area (Å²) >= 11 is 0. The molecule has 3 heteroatoms. The van der Waals surface area contributed by atoms with E-state index in [4.69, 9.17) is 0 Å². The van der Waals surface area contributed by atoms with Crippen molar-refractivity contribution in [3.63, 3.8) is 0 Å². The molecular formula is C23H17N3. The average Bonchev–Trinajstić information content (AvgIpc) is 3.03. The number of aryl methyl sites for hydroxylation is 1. The third kappa shape index (κ3) is 2.29. The highest BCUT2D eigenvalue weighted by Crippen LogP contribution is 2.31. The number of rotatable bonds is 2. The summed E-state index contributed by atoms with van der Waals surface area (Å²) in [5, 5.41) is 2.47. The molecule has 0 aliphatic rings. The van der Waals surface area contributed by atoms with Gasteiger partial charge in [0.25, 0.3) is 0 Å². The molecule has 3 aromatic carbocycles. The van der Waals surface area contributed by atoms with Crippen LogP contribution in [-0.2, 0) is 0 Å². The van der Waals surface area contributed by atoms with E-state index < -0.39 is 0 Å². The Morgan fingerprint density at radius 2 is 1.31 bits per heavy atom. The largest absolute Gasteiger partial charge is 0.294 e. The van der Waals surface area contributed by atoms with Gasteiger partial charge >= 0.3 is 0 Å². The first kappa shape index (κ1) is 14.8. The molecule has 0 atom stereocenters. The van der Waals surface area contributed by atoms with Gasteiger partial charge in [0, 0.05) is 22.4 Å². The van der Waals surface area contributed by atoms with Gasteiger partial charge in [-0.3, -0.25) is 4.57 Å². The molecule has 0 N–H and O–H groups in total. The number of para-hydroxylation sites is 2. The molecule has 0 aliphatic heterocycles. The summed E-state index contributed by atoms with van der Waals surface area (Å²) in [4.78, 5) is 9.06. The van der Waals surface area contributed by atoms with Crippen molar-refractivity contribution in [3.05, 3.63) is 90.8 Å². The van der Waals surface area contributed by atoms with Gasteiger partial charge in [-0.05, 0) is 19.1 Å². The molecule has 0 saturated heterocycles. The smallest absolute Gasteiger partial charge is 0.141 e. The minimum Gasteiger partial charge on any atom is -0.294 e. The second kappa shape index (κ2) is 5.81. The van der Waals surface area contributed by atoms with Gasteiger partial charge in [0.15, 0.2) is 0 Å². The lowest BCUT2D eigenvalue weighted by Crippen LogP contribution is -1.99. The average molecular weight is 335 g/mol. The Hall–Kier alpha value is -3.46. The molecule has 5 rings (SSSR count). The molecule has 2 aromatic heterocycles. The van der Waals surface area contributed by atoms with Crippen molar-refractivity contribution < 1.29 is 0 Å². The monoisotopic (exact) mass is 335 g/mol. The lowest BCUT2D eigenvalue weighted by atomic mass is 10.1. The van der Waals surface area contributed by atoms with Gasteiger partial charge in [0.1, 0.15) is 12.1 Å². The minimum atomic E-state index is 0.882. The van der Waals surface area contributed by atoms with Crippen LogP contribution in [0, 0.1) is 6.92 Å². The van der Waals surface area contributed by atoms with Gasteiger partial charge in [0.05, 0.1) is 16.7 Å². The SMILES string of the molecule is Cc1ccc(-c2cc(-n3c4ccccc4c4ccccc43)ncn2)cc1. The number of fused-ring (bicyclic) bond motifs is 3. The second-order valence-electron chi connectivity index (χ2n) is 6.50. The predicted molar refractivity (Wildman–Crippen MR) is 107 cm³/mol. The topological polar surface area (TPSA) is 30.7 Å². The van der Waals surface area contributed by atoms with Gasteiger partial charge < -0.3 is 0 Å². The van der Waals surface area contributed by atoms with E-state index >= 15 is 0 Å². The van der Waals surface area contributed by atoms with Crippen LogP contribution in [0.4, 0.5) is 0 Å². The van der Waals surface area contributed by atoms with Crippen LogP contribution in [-0.4, -0.2) is 14.5 Å². The third-order valence-electron chi connectivity index (χ3n) is 4.81. The number of hydrogen-bond donors (Lipinski definition) is 0. The molecule has 5 aromatic rings. The van der Waals surface area contributed by atoms with Crippen molar-refractivity contribution in [1.29, 1.82) is 0 Å². The van der Waals surface area contributed by atoms with Crippen molar-refractivity contribution in [2.45, 2.75) is 6.92 Å². The molecule has 3 nitrogen and oxygen atoms in total. The molecule has 0 radical (unpaired) electrons. The van der Waals surface area contributed by atoms with Crippen LogP contribution in [0.15, 0.2) is 85.2 Å². The fourth-order valence-electron chi connectivity index (χ4n) is 3.52. The van der Waals surface area contributed by atoms with Crippen molar-refractivity contribution in [2.75, 3.05) is 0 Å². The van der Waals surface area contributed by atoms with Crippen LogP contribution in [0.5, 0.6) is 0 Å². The molecule has 124 valence electrons. The highest BCUT2D eigenvalue weighted by Gasteiger charge is 2.13. The van der Waals surface area contributed by atoms with Gasteiger partial charge in [-0.25, -0.2) is 9.97 Å². The molecule has 0 saturated carbocycles. The van der Waals surface area contributed by atoms with E-state index in [1.807, 2.05) is 0 Å². The zero-order valence-electron chi connectivity index (χ0n) is 14.4. The first-order valence-corrected chi connectivity index (χ1v) is 8.69. The van der Waals surface area contributed by atoms with E-state index in [2.05, 4.69) is 100 Å². The Kier molecular flexibility index (Phi) is 3.32. The molecule has 0 unspecified atom stereocenters. The Bertz CT molecular complexity index is 1180. The summed E-state index contributed by atoms with van der Waals surface area (Å²) in [5.41, 5.74) is 5.58. The summed E-state index contributed by atoms with van der Waals surface area (Å²) in [6.45, 7) is 2.09. The van der Waals surface area contributed by atoms with E-state index in [-0.39, 0.29) is 0 Å². The van der Waals surface area contributed by atoms with Crippen molar-refractivity contribution >= 4 is 21.8 Å². The maximum atomic E-state index is 4.58. The Morgan fingerprint density at radius 1 is 0.692 bits per heavy atom. The van der Waals surface area contributed by atoms with Crippen LogP contribution >= 0.6 is 0 Å². The minimum absolute atomic E-state index is 0.882. The molecule has 2 heterocycles. The Balaban J connectivity index is 1.78. The lowest BCUT2D eigenvalue weighted by Gasteiger charge is -2.08.